The van der Waals surface area contributed by atoms with Crippen molar-refractivity contribution < 1.29 is 9.18 Å². The van der Waals surface area contributed by atoms with Crippen LogP contribution < -0.4 is 0 Å². The molecule has 17 heavy (non-hydrogen) atoms. The van der Waals surface area contributed by atoms with Gasteiger partial charge in [-0.2, -0.15) is 0 Å². The first-order valence-corrected chi connectivity index (χ1v) is 5.94. The molecule has 0 aliphatic rings. The Morgan fingerprint density at radius 1 is 1.41 bits per heavy atom. The third-order valence-electron chi connectivity index (χ3n) is 2.29. The highest BCUT2D eigenvalue weighted by Gasteiger charge is 2.12. The highest BCUT2D eigenvalue weighted by molar-refractivity contribution is 7.09. The van der Waals surface area contributed by atoms with Gasteiger partial charge < -0.3 is 4.90 Å². The summed E-state index contributed by atoms with van der Waals surface area (Å²) in [6.07, 6.45) is 1.70. The molecular formula is C12H11FN2OS. The molecule has 0 N–H and O–H groups in total. The van der Waals surface area contributed by atoms with Crippen molar-refractivity contribution in [1.82, 2.24) is 9.88 Å². The number of hydrogen-bond acceptors (Lipinski definition) is 3. The zero-order valence-electron chi connectivity index (χ0n) is 9.26. The number of rotatable bonds is 3. The molecule has 2 aromatic rings. The molecular weight excluding hydrogens is 239 g/mol. The Morgan fingerprint density at radius 2 is 2.12 bits per heavy atom. The van der Waals surface area contributed by atoms with Crippen molar-refractivity contribution in [3.05, 3.63) is 52.2 Å². The third-order valence-corrected chi connectivity index (χ3v) is 3.06. The Kier molecular flexibility index (Phi) is 3.49. The molecule has 0 atom stereocenters. The van der Waals surface area contributed by atoms with Crippen molar-refractivity contribution in [3.8, 4) is 0 Å². The van der Waals surface area contributed by atoms with E-state index in [2.05, 4.69) is 4.98 Å². The van der Waals surface area contributed by atoms with Crippen LogP contribution in [0.25, 0.3) is 0 Å². The highest BCUT2D eigenvalue weighted by atomic mass is 32.1. The predicted molar refractivity (Wildman–Crippen MR) is 64.3 cm³/mol. The normalized spacial score (nSPS) is 10.2. The second kappa shape index (κ2) is 5.05. The Balaban J connectivity index is 2.07. The molecule has 1 aromatic carbocycles. The quantitative estimate of drug-likeness (QED) is 0.838. The molecule has 5 heteroatoms. The maximum Gasteiger partial charge on any atom is 0.253 e. The van der Waals surface area contributed by atoms with Gasteiger partial charge in [-0.05, 0) is 24.3 Å². The summed E-state index contributed by atoms with van der Waals surface area (Å²) in [7, 11) is 1.70. The third kappa shape index (κ3) is 2.88. The Morgan fingerprint density at radius 3 is 2.71 bits per heavy atom. The lowest BCUT2D eigenvalue weighted by atomic mass is 10.2. The summed E-state index contributed by atoms with van der Waals surface area (Å²) in [6, 6.07) is 5.53. The van der Waals surface area contributed by atoms with Gasteiger partial charge in [0.1, 0.15) is 10.8 Å². The molecule has 0 bridgehead atoms. The van der Waals surface area contributed by atoms with Gasteiger partial charge in [0.05, 0.1) is 6.54 Å². The lowest BCUT2D eigenvalue weighted by molar-refractivity contribution is 0.0785. The summed E-state index contributed by atoms with van der Waals surface area (Å²) in [4.78, 5) is 17.6. The molecule has 0 radical (unpaired) electrons. The molecule has 0 spiro atoms. The van der Waals surface area contributed by atoms with E-state index in [0.29, 0.717) is 12.1 Å². The van der Waals surface area contributed by atoms with Crippen LogP contribution in [0.2, 0.25) is 0 Å². The Bertz CT molecular complexity index is 496. The highest BCUT2D eigenvalue weighted by Crippen LogP contribution is 2.11. The number of thiazole rings is 1. The van der Waals surface area contributed by atoms with E-state index in [1.54, 1.807) is 18.1 Å². The lowest BCUT2D eigenvalue weighted by Gasteiger charge is -2.15. The molecule has 3 nitrogen and oxygen atoms in total. The first-order chi connectivity index (χ1) is 8.16. The van der Waals surface area contributed by atoms with Gasteiger partial charge in [0.15, 0.2) is 0 Å². The van der Waals surface area contributed by atoms with Crippen LogP contribution in [0.1, 0.15) is 15.4 Å². The summed E-state index contributed by atoms with van der Waals surface area (Å²) in [6.45, 7) is 0.466. The number of amides is 1. The number of carbonyl (C=O) groups is 1. The van der Waals surface area contributed by atoms with Gasteiger partial charge in [-0.25, -0.2) is 9.37 Å². The maximum absolute atomic E-state index is 12.7. The predicted octanol–water partition coefficient (Wildman–Crippen LogP) is 2.55. The molecule has 2 rings (SSSR count). The van der Waals surface area contributed by atoms with Crippen LogP contribution in [0, 0.1) is 5.82 Å². The molecule has 0 fully saturated rings. The van der Waals surface area contributed by atoms with Crippen molar-refractivity contribution in [2.75, 3.05) is 7.05 Å². The molecule has 0 saturated carbocycles. The summed E-state index contributed by atoms with van der Waals surface area (Å²) in [5.74, 6) is -0.482. The van der Waals surface area contributed by atoms with Crippen LogP contribution in [0.3, 0.4) is 0 Å². The molecule has 0 unspecified atom stereocenters. The van der Waals surface area contributed by atoms with E-state index in [-0.39, 0.29) is 11.7 Å². The topological polar surface area (TPSA) is 33.2 Å². The summed E-state index contributed by atoms with van der Waals surface area (Å²) in [5.41, 5.74) is 0.477. The zero-order chi connectivity index (χ0) is 12.3. The fourth-order valence-corrected chi connectivity index (χ4v) is 2.09. The number of aromatic nitrogens is 1. The molecule has 0 aliphatic heterocycles. The minimum absolute atomic E-state index is 0.139. The van der Waals surface area contributed by atoms with E-state index in [9.17, 15) is 9.18 Å². The van der Waals surface area contributed by atoms with Gasteiger partial charge in [-0.15, -0.1) is 11.3 Å². The summed E-state index contributed by atoms with van der Waals surface area (Å²) < 4.78 is 12.7. The van der Waals surface area contributed by atoms with E-state index < -0.39 is 0 Å². The Hall–Kier alpha value is -1.75. The first kappa shape index (κ1) is 11.7. The van der Waals surface area contributed by atoms with Crippen LogP contribution >= 0.6 is 11.3 Å². The second-order valence-electron chi connectivity index (χ2n) is 3.59. The van der Waals surface area contributed by atoms with Crippen LogP contribution in [-0.2, 0) is 6.54 Å². The SMILES string of the molecule is CN(Cc1nccs1)C(=O)c1ccc(F)cc1. The standard InChI is InChI=1S/C12H11FN2OS/c1-15(8-11-14-6-7-17-11)12(16)9-2-4-10(13)5-3-9/h2-7H,8H2,1H3. The molecule has 1 amide bonds. The van der Waals surface area contributed by atoms with Gasteiger partial charge in [0.25, 0.3) is 5.91 Å². The minimum atomic E-state index is -0.343. The second-order valence-corrected chi connectivity index (χ2v) is 4.57. The molecule has 88 valence electrons. The van der Waals surface area contributed by atoms with Crippen LogP contribution in [0.5, 0.6) is 0 Å². The smallest absolute Gasteiger partial charge is 0.253 e. The van der Waals surface area contributed by atoms with E-state index in [0.717, 1.165) is 5.01 Å². The fourth-order valence-electron chi connectivity index (χ4n) is 1.42. The van der Waals surface area contributed by atoms with Crippen molar-refractivity contribution in [2.45, 2.75) is 6.54 Å². The van der Waals surface area contributed by atoms with Crippen molar-refractivity contribution in [2.24, 2.45) is 0 Å². The van der Waals surface area contributed by atoms with Gasteiger partial charge in [-0.1, -0.05) is 0 Å². The van der Waals surface area contributed by atoms with Crippen molar-refractivity contribution >= 4 is 17.2 Å². The average Bonchev–Trinajstić information content (AvgIpc) is 2.82. The minimum Gasteiger partial charge on any atom is -0.335 e. The van der Waals surface area contributed by atoms with Crippen LogP contribution in [0.15, 0.2) is 35.8 Å². The summed E-state index contributed by atoms with van der Waals surface area (Å²) >= 11 is 1.50. The lowest BCUT2D eigenvalue weighted by Crippen LogP contribution is -2.26. The van der Waals surface area contributed by atoms with E-state index in [1.165, 1.54) is 35.6 Å². The van der Waals surface area contributed by atoms with E-state index in [1.807, 2.05) is 5.38 Å². The maximum atomic E-state index is 12.7. The monoisotopic (exact) mass is 250 g/mol. The van der Waals surface area contributed by atoms with Gasteiger partial charge >= 0.3 is 0 Å². The van der Waals surface area contributed by atoms with Gasteiger partial charge in [0.2, 0.25) is 0 Å². The number of nitrogens with zero attached hydrogens (tertiary/aromatic N) is 2. The summed E-state index contributed by atoms with van der Waals surface area (Å²) in [5, 5.41) is 2.74. The average molecular weight is 250 g/mol. The van der Waals surface area contributed by atoms with Gasteiger partial charge in [0, 0.05) is 24.2 Å². The van der Waals surface area contributed by atoms with Crippen LogP contribution in [-0.4, -0.2) is 22.8 Å². The van der Waals surface area contributed by atoms with E-state index >= 15 is 0 Å². The first-order valence-electron chi connectivity index (χ1n) is 5.06. The van der Waals surface area contributed by atoms with Gasteiger partial charge in [-0.3, -0.25) is 4.79 Å². The molecule has 1 heterocycles. The fraction of sp³-hybridized carbons (Fsp3) is 0.167. The van der Waals surface area contributed by atoms with E-state index in [4.69, 9.17) is 0 Å². The number of hydrogen-bond donors (Lipinski definition) is 0. The van der Waals surface area contributed by atoms with Crippen molar-refractivity contribution in [1.29, 1.82) is 0 Å². The number of benzene rings is 1. The van der Waals surface area contributed by atoms with Crippen LogP contribution in [0.4, 0.5) is 4.39 Å². The molecule has 1 aromatic heterocycles. The van der Waals surface area contributed by atoms with Crippen molar-refractivity contribution in [3.63, 3.8) is 0 Å². The number of carbonyl (C=O) groups excluding carboxylic acids is 1. The largest absolute Gasteiger partial charge is 0.335 e. The zero-order valence-corrected chi connectivity index (χ0v) is 10.1. The Labute approximate surface area is 103 Å². The molecule has 0 saturated heterocycles. The molecule has 0 aliphatic carbocycles. The number of halogens is 1.